The summed E-state index contributed by atoms with van der Waals surface area (Å²) in [5.41, 5.74) is 0.770. The number of aryl methyl sites for hydroxylation is 1. The van der Waals surface area contributed by atoms with E-state index in [1.54, 1.807) is 0 Å². The predicted molar refractivity (Wildman–Crippen MR) is 89.5 cm³/mol. The molecule has 0 aliphatic carbocycles. The Balaban J connectivity index is 1.80. The van der Waals surface area contributed by atoms with Crippen LogP contribution in [0, 0.1) is 0 Å². The van der Waals surface area contributed by atoms with Crippen molar-refractivity contribution in [2.45, 2.75) is 44.9 Å². The molecule has 1 amide bonds. The summed E-state index contributed by atoms with van der Waals surface area (Å²) in [6, 6.07) is 10.6. The summed E-state index contributed by atoms with van der Waals surface area (Å²) in [5, 5.41) is 6.68. The minimum absolute atomic E-state index is 0.131. The topological polar surface area (TPSA) is 68.0 Å². The van der Waals surface area contributed by atoms with E-state index in [0.717, 1.165) is 18.5 Å². The number of rotatable bonds is 7. The lowest BCUT2D eigenvalue weighted by Gasteiger charge is -2.13. The Kier molecular flexibility index (Phi) is 5.49. The zero-order valence-electron chi connectivity index (χ0n) is 13.4. The van der Waals surface area contributed by atoms with E-state index in [4.69, 9.17) is 4.52 Å². The van der Waals surface area contributed by atoms with Gasteiger partial charge in [0.25, 0.3) is 0 Å². The predicted octanol–water partition coefficient (Wildman–Crippen LogP) is 3.52. The monoisotopic (exact) mass is 317 g/mol. The van der Waals surface area contributed by atoms with Gasteiger partial charge in [-0.25, -0.2) is 0 Å². The van der Waals surface area contributed by atoms with Crippen LogP contribution in [0.4, 0.5) is 5.69 Å². The van der Waals surface area contributed by atoms with Gasteiger partial charge >= 0.3 is 0 Å². The minimum Gasteiger partial charge on any atom is -0.339 e. The van der Waals surface area contributed by atoms with Crippen LogP contribution in [0.3, 0.4) is 0 Å². The molecule has 0 fully saturated rings. The third-order valence-corrected chi connectivity index (χ3v) is 5.06. The van der Waals surface area contributed by atoms with Gasteiger partial charge in [0.2, 0.25) is 11.8 Å². The van der Waals surface area contributed by atoms with E-state index < -0.39 is 8.07 Å². The molecule has 0 saturated carbocycles. The highest BCUT2D eigenvalue weighted by molar-refractivity contribution is 6.76. The second kappa shape index (κ2) is 7.35. The first-order valence-corrected chi connectivity index (χ1v) is 11.3. The lowest BCUT2D eigenvalue weighted by Crippen LogP contribution is -2.19. The van der Waals surface area contributed by atoms with Gasteiger partial charge in [0.1, 0.15) is 0 Å². The third-order valence-electron chi connectivity index (χ3n) is 3.20. The maximum Gasteiger partial charge on any atom is 0.232 e. The molecule has 6 heteroatoms. The van der Waals surface area contributed by atoms with Crippen LogP contribution in [0.5, 0.6) is 0 Å². The van der Waals surface area contributed by atoms with Gasteiger partial charge in [0.15, 0.2) is 5.82 Å². The highest BCUT2D eigenvalue weighted by atomic mass is 28.3. The van der Waals surface area contributed by atoms with Crippen LogP contribution < -0.4 is 5.32 Å². The first-order valence-electron chi connectivity index (χ1n) is 7.59. The van der Waals surface area contributed by atoms with Gasteiger partial charge in [-0.2, -0.15) is 4.98 Å². The summed E-state index contributed by atoms with van der Waals surface area (Å²) >= 11 is 0. The Labute approximate surface area is 132 Å². The van der Waals surface area contributed by atoms with Crippen LogP contribution in [0.15, 0.2) is 34.9 Å². The molecule has 1 aromatic carbocycles. The number of nitrogens with one attached hydrogen (secondary N) is 1. The van der Waals surface area contributed by atoms with Gasteiger partial charge < -0.3 is 9.84 Å². The van der Waals surface area contributed by atoms with E-state index in [2.05, 4.69) is 35.1 Å². The summed E-state index contributed by atoms with van der Waals surface area (Å²) in [5.74, 6) is 0.929. The SMILES string of the molecule is C[Si](C)(C)CCCc1nc(CC(=O)Nc2ccccc2)no1. The van der Waals surface area contributed by atoms with Crippen LogP contribution in [-0.4, -0.2) is 24.1 Å². The van der Waals surface area contributed by atoms with Crippen molar-refractivity contribution < 1.29 is 9.32 Å². The lowest BCUT2D eigenvalue weighted by molar-refractivity contribution is -0.115. The van der Waals surface area contributed by atoms with Crippen molar-refractivity contribution in [3.05, 3.63) is 42.0 Å². The molecule has 1 N–H and O–H groups in total. The number of benzene rings is 1. The van der Waals surface area contributed by atoms with Crippen molar-refractivity contribution in [3.8, 4) is 0 Å². The van der Waals surface area contributed by atoms with Crippen LogP contribution in [0.25, 0.3) is 0 Å². The summed E-state index contributed by atoms with van der Waals surface area (Å²) in [6.45, 7) is 7.04. The molecule has 0 spiro atoms. The number of hydrogen-bond acceptors (Lipinski definition) is 4. The Morgan fingerprint density at radius 1 is 1.23 bits per heavy atom. The second-order valence-electron chi connectivity index (χ2n) is 6.61. The average molecular weight is 317 g/mol. The van der Waals surface area contributed by atoms with E-state index in [-0.39, 0.29) is 12.3 Å². The van der Waals surface area contributed by atoms with E-state index in [1.807, 2.05) is 30.3 Å². The molecule has 0 aliphatic rings. The van der Waals surface area contributed by atoms with Crippen molar-refractivity contribution in [1.82, 2.24) is 10.1 Å². The first kappa shape index (κ1) is 16.4. The van der Waals surface area contributed by atoms with Crippen LogP contribution in [0.2, 0.25) is 25.7 Å². The normalized spacial score (nSPS) is 11.4. The van der Waals surface area contributed by atoms with Crippen LogP contribution >= 0.6 is 0 Å². The highest BCUT2D eigenvalue weighted by Gasteiger charge is 2.15. The second-order valence-corrected chi connectivity index (χ2v) is 12.2. The molecule has 118 valence electrons. The van der Waals surface area contributed by atoms with E-state index in [1.165, 1.54) is 6.04 Å². The van der Waals surface area contributed by atoms with Crippen LogP contribution in [-0.2, 0) is 17.6 Å². The molecule has 22 heavy (non-hydrogen) atoms. The van der Waals surface area contributed by atoms with Crippen molar-refractivity contribution in [2.24, 2.45) is 0 Å². The number of carbonyl (C=O) groups is 1. The molecular formula is C16H23N3O2Si. The van der Waals surface area contributed by atoms with Gasteiger partial charge in [0, 0.05) is 20.2 Å². The zero-order chi connectivity index (χ0) is 16.0. The molecule has 2 aromatic rings. The van der Waals surface area contributed by atoms with Crippen molar-refractivity contribution in [3.63, 3.8) is 0 Å². The largest absolute Gasteiger partial charge is 0.339 e. The van der Waals surface area contributed by atoms with Crippen molar-refractivity contribution in [2.75, 3.05) is 5.32 Å². The first-order chi connectivity index (χ1) is 10.4. The molecule has 0 radical (unpaired) electrons. The van der Waals surface area contributed by atoms with E-state index in [9.17, 15) is 4.79 Å². The standard InChI is InChI=1S/C16H23N3O2Si/c1-22(2,3)11-7-10-16-18-14(19-21-16)12-15(20)17-13-8-5-4-6-9-13/h4-6,8-9H,7,10-12H2,1-3H3,(H,17,20). The Morgan fingerprint density at radius 3 is 2.64 bits per heavy atom. The lowest BCUT2D eigenvalue weighted by atomic mass is 10.3. The Bertz CT molecular complexity index is 605. The third kappa shape index (κ3) is 5.81. The maximum atomic E-state index is 11.9. The van der Waals surface area contributed by atoms with Crippen molar-refractivity contribution in [1.29, 1.82) is 0 Å². The fourth-order valence-corrected chi connectivity index (χ4v) is 3.34. The van der Waals surface area contributed by atoms with Gasteiger partial charge in [-0.1, -0.05) is 49.0 Å². The van der Waals surface area contributed by atoms with E-state index >= 15 is 0 Å². The molecular weight excluding hydrogens is 294 g/mol. The van der Waals surface area contributed by atoms with Crippen molar-refractivity contribution >= 4 is 19.7 Å². The number of nitrogens with zero attached hydrogens (tertiary/aromatic N) is 2. The van der Waals surface area contributed by atoms with Crippen LogP contribution in [0.1, 0.15) is 18.1 Å². The Hall–Kier alpha value is -1.95. The van der Waals surface area contributed by atoms with Gasteiger partial charge in [-0.3, -0.25) is 4.79 Å². The minimum atomic E-state index is -1.03. The summed E-state index contributed by atoms with van der Waals surface area (Å²) in [7, 11) is -1.03. The number of aromatic nitrogens is 2. The molecule has 1 heterocycles. The number of hydrogen-bond donors (Lipinski definition) is 1. The number of para-hydroxylation sites is 1. The molecule has 5 nitrogen and oxygen atoms in total. The summed E-state index contributed by atoms with van der Waals surface area (Å²) in [4.78, 5) is 16.2. The fraction of sp³-hybridized carbons (Fsp3) is 0.438. The quantitative estimate of drug-likeness (QED) is 0.793. The zero-order valence-corrected chi connectivity index (χ0v) is 14.4. The average Bonchev–Trinajstić information content (AvgIpc) is 2.85. The number of anilines is 1. The van der Waals surface area contributed by atoms with Gasteiger partial charge in [-0.15, -0.1) is 0 Å². The Morgan fingerprint density at radius 2 is 1.95 bits per heavy atom. The van der Waals surface area contributed by atoms with E-state index in [0.29, 0.717) is 11.7 Å². The molecule has 0 unspecified atom stereocenters. The summed E-state index contributed by atoms with van der Waals surface area (Å²) in [6.07, 6.45) is 1.98. The molecule has 0 bridgehead atoms. The molecule has 0 aliphatic heterocycles. The maximum absolute atomic E-state index is 11.9. The highest BCUT2D eigenvalue weighted by Crippen LogP contribution is 2.14. The van der Waals surface area contributed by atoms with Gasteiger partial charge in [-0.05, 0) is 18.6 Å². The number of amides is 1. The van der Waals surface area contributed by atoms with Gasteiger partial charge in [0.05, 0.1) is 6.42 Å². The smallest absolute Gasteiger partial charge is 0.232 e. The molecule has 0 saturated heterocycles. The summed E-state index contributed by atoms with van der Waals surface area (Å²) < 4.78 is 5.20. The fourth-order valence-electron chi connectivity index (χ4n) is 2.10. The molecule has 0 atom stereocenters. The molecule has 1 aromatic heterocycles. The number of carbonyl (C=O) groups excluding carboxylic acids is 1. The molecule has 2 rings (SSSR count).